The summed E-state index contributed by atoms with van der Waals surface area (Å²) in [7, 11) is 4.73. The minimum absolute atomic E-state index is 0. The molecule has 1 unspecified atom stereocenters. The highest BCUT2D eigenvalue weighted by molar-refractivity contribution is 5.85. The standard InChI is InChI=1S/C18H28N2O4.ClH/c1-18(11-19,13-7-8-13)20-15(21)10-6-12-5-9-14(22-2)17(24-4)16(12)23-3;/h5,9,13H,6-8,10-11,19H2,1-4H3,(H,20,21);1H. The maximum atomic E-state index is 12.3. The van der Waals surface area contributed by atoms with Crippen LogP contribution in [-0.4, -0.2) is 39.3 Å². The Morgan fingerprint density at radius 3 is 2.32 bits per heavy atom. The molecule has 2 rings (SSSR count). The topological polar surface area (TPSA) is 82.8 Å². The van der Waals surface area contributed by atoms with Crippen molar-refractivity contribution in [3.05, 3.63) is 17.7 Å². The molecule has 1 aliphatic rings. The van der Waals surface area contributed by atoms with Crippen LogP contribution in [0, 0.1) is 5.92 Å². The van der Waals surface area contributed by atoms with Gasteiger partial charge in [-0.25, -0.2) is 0 Å². The Morgan fingerprint density at radius 1 is 1.20 bits per heavy atom. The number of ether oxygens (including phenoxy) is 3. The summed E-state index contributed by atoms with van der Waals surface area (Å²) in [5, 5.41) is 3.10. The van der Waals surface area contributed by atoms with Crippen molar-refractivity contribution < 1.29 is 19.0 Å². The fourth-order valence-corrected chi connectivity index (χ4v) is 3.03. The Bertz CT molecular complexity index is 593. The van der Waals surface area contributed by atoms with E-state index in [0.29, 0.717) is 42.6 Å². The molecule has 1 fully saturated rings. The minimum atomic E-state index is -0.293. The maximum absolute atomic E-state index is 12.3. The molecule has 0 heterocycles. The van der Waals surface area contributed by atoms with Gasteiger partial charge in [-0.3, -0.25) is 4.79 Å². The third-order valence-electron chi connectivity index (χ3n) is 4.73. The first-order valence-corrected chi connectivity index (χ1v) is 8.28. The Kier molecular flexibility index (Phi) is 7.83. The predicted octanol–water partition coefficient (Wildman–Crippen LogP) is 2.31. The van der Waals surface area contributed by atoms with Gasteiger partial charge in [0.25, 0.3) is 0 Å². The number of hydrogen-bond donors (Lipinski definition) is 2. The van der Waals surface area contributed by atoms with Gasteiger partial charge >= 0.3 is 0 Å². The molecule has 1 atom stereocenters. The van der Waals surface area contributed by atoms with Crippen LogP contribution in [0.5, 0.6) is 17.2 Å². The van der Waals surface area contributed by atoms with Crippen molar-refractivity contribution in [3.63, 3.8) is 0 Å². The zero-order valence-corrected chi connectivity index (χ0v) is 16.2. The second-order valence-corrected chi connectivity index (χ2v) is 6.44. The first-order chi connectivity index (χ1) is 11.5. The second-order valence-electron chi connectivity index (χ2n) is 6.44. The summed E-state index contributed by atoms with van der Waals surface area (Å²) in [6.07, 6.45) is 3.20. The van der Waals surface area contributed by atoms with Gasteiger partial charge in [-0.2, -0.15) is 0 Å². The largest absolute Gasteiger partial charge is 0.493 e. The van der Waals surface area contributed by atoms with Crippen LogP contribution in [0.25, 0.3) is 0 Å². The van der Waals surface area contributed by atoms with E-state index in [2.05, 4.69) is 5.32 Å². The number of rotatable bonds is 9. The van der Waals surface area contributed by atoms with E-state index in [4.69, 9.17) is 19.9 Å². The first kappa shape index (κ1) is 21.4. The van der Waals surface area contributed by atoms with Gasteiger partial charge in [0.15, 0.2) is 11.5 Å². The van der Waals surface area contributed by atoms with E-state index in [9.17, 15) is 4.79 Å². The van der Waals surface area contributed by atoms with Crippen LogP contribution in [0.2, 0.25) is 0 Å². The van der Waals surface area contributed by atoms with Crippen molar-refractivity contribution in [1.82, 2.24) is 5.32 Å². The van der Waals surface area contributed by atoms with Crippen LogP contribution in [-0.2, 0) is 11.2 Å². The highest BCUT2D eigenvalue weighted by atomic mass is 35.5. The number of nitrogens with one attached hydrogen (secondary N) is 1. The number of benzene rings is 1. The highest BCUT2D eigenvalue weighted by Crippen LogP contribution is 2.41. The van der Waals surface area contributed by atoms with Crippen LogP contribution < -0.4 is 25.3 Å². The van der Waals surface area contributed by atoms with Gasteiger partial charge in [0.2, 0.25) is 11.7 Å². The van der Waals surface area contributed by atoms with Crippen molar-refractivity contribution in [2.75, 3.05) is 27.9 Å². The number of carbonyl (C=O) groups is 1. The highest BCUT2D eigenvalue weighted by Gasteiger charge is 2.41. The Labute approximate surface area is 155 Å². The van der Waals surface area contributed by atoms with Crippen molar-refractivity contribution in [1.29, 1.82) is 0 Å². The molecule has 1 saturated carbocycles. The third-order valence-corrected chi connectivity index (χ3v) is 4.73. The smallest absolute Gasteiger partial charge is 0.220 e. The SMILES string of the molecule is COc1ccc(CCC(=O)NC(C)(CN)C2CC2)c(OC)c1OC.Cl. The van der Waals surface area contributed by atoms with Gasteiger partial charge in [-0.05, 0) is 43.7 Å². The molecular weight excluding hydrogens is 344 g/mol. The van der Waals surface area contributed by atoms with Gasteiger partial charge in [0.1, 0.15) is 0 Å². The second kappa shape index (κ2) is 9.15. The van der Waals surface area contributed by atoms with Gasteiger partial charge in [0.05, 0.1) is 26.9 Å². The maximum Gasteiger partial charge on any atom is 0.220 e. The Hall–Kier alpha value is -1.66. The molecule has 0 spiro atoms. The molecule has 1 aromatic carbocycles. The molecule has 3 N–H and O–H groups in total. The predicted molar refractivity (Wildman–Crippen MR) is 100.0 cm³/mol. The van der Waals surface area contributed by atoms with E-state index in [1.165, 1.54) is 0 Å². The lowest BCUT2D eigenvalue weighted by atomic mass is 9.95. The summed E-state index contributed by atoms with van der Waals surface area (Å²) in [6.45, 7) is 2.49. The number of nitrogens with two attached hydrogens (primary N) is 1. The van der Waals surface area contributed by atoms with E-state index in [0.717, 1.165) is 18.4 Å². The van der Waals surface area contributed by atoms with Crippen molar-refractivity contribution in [3.8, 4) is 17.2 Å². The summed E-state index contributed by atoms with van der Waals surface area (Å²) >= 11 is 0. The number of halogens is 1. The molecule has 142 valence electrons. The first-order valence-electron chi connectivity index (χ1n) is 8.28. The summed E-state index contributed by atoms with van der Waals surface area (Å²) in [5.41, 5.74) is 6.47. The third kappa shape index (κ3) is 4.92. The zero-order valence-electron chi connectivity index (χ0n) is 15.4. The molecule has 6 nitrogen and oxygen atoms in total. The summed E-state index contributed by atoms with van der Waals surface area (Å²) in [5.74, 6) is 2.26. The molecule has 0 radical (unpaired) electrons. The Morgan fingerprint density at radius 2 is 1.84 bits per heavy atom. The normalized spacial score (nSPS) is 15.6. The summed E-state index contributed by atoms with van der Waals surface area (Å²) in [6, 6.07) is 3.72. The van der Waals surface area contributed by atoms with Gasteiger partial charge in [0, 0.05) is 13.0 Å². The number of carbonyl (C=O) groups excluding carboxylic acids is 1. The molecule has 0 aromatic heterocycles. The average molecular weight is 373 g/mol. The van der Waals surface area contributed by atoms with E-state index >= 15 is 0 Å². The molecule has 25 heavy (non-hydrogen) atoms. The van der Waals surface area contributed by atoms with Gasteiger partial charge in [-0.15, -0.1) is 12.4 Å². The van der Waals surface area contributed by atoms with Crippen LogP contribution in [0.4, 0.5) is 0 Å². The van der Waals surface area contributed by atoms with Crippen LogP contribution in [0.1, 0.15) is 31.7 Å². The van der Waals surface area contributed by atoms with Crippen LogP contribution in [0.3, 0.4) is 0 Å². The van der Waals surface area contributed by atoms with E-state index in [1.807, 2.05) is 19.1 Å². The molecule has 1 amide bonds. The molecule has 7 heteroatoms. The van der Waals surface area contributed by atoms with Gasteiger partial charge in [-0.1, -0.05) is 6.07 Å². The quantitative estimate of drug-likeness (QED) is 0.695. The Balaban J connectivity index is 0.00000312. The number of aryl methyl sites for hydroxylation is 1. The number of hydrogen-bond acceptors (Lipinski definition) is 5. The van der Waals surface area contributed by atoms with E-state index in [1.54, 1.807) is 21.3 Å². The number of methoxy groups -OCH3 is 3. The summed E-state index contributed by atoms with van der Waals surface area (Å²) in [4.78, 5) is 12.3. The molecule has 1 aliphatic carbocycles. The molecule has 1 aromatic rings. The lowest BCUT2D eigenvalue weighted by Crippen LogP contribution is -2.53. The lowest BCUT2D eigenvalue weighted by molar-refractivity contribution is -0.123. The lowest BCUT2D eigenvalue weighted by Gasteiger charge is -2.29. The minimum Gasteiger partial charge on any atom is -0.493 e. The van der Waals surface area contributed by atoms with E-state index < -0.39 is 0 Å². The molecular formula is C18H29ClN2O4. The fraction of sp³-hybridized carbons (Fsp3) is 0.611. The molecule has 0 saturated heterocycles. The summed E-state index contributed by atoms with van der Waals surface area (Å²) < 4.78 is 16.1. The van der Waals surface area contributed by atoms with Crippen LogP contribution >= 0.6 is 12.4 Å². The van der Waals surface area contributed by atoms with Crippen molar-refractivity contribution in [2.45, 2.75) is 38.1 Å². The average Bonchev–Trinajstić information content (AvgIpc) is 3.44. The van der Waals surface area contributed by atoms with Gasteiger partial charge < -0.3 is 25.3 Å². The fourth-order valence-electron chi connectivity index (χ4n) is 3.03. The zero-order chi connectivity index (χ0) is 17.7. The molecule has 0 aliphatic heterocycles. The van der Waals surface area contributed by atoms with Crippen molar-refractivity contribution >= 4 is 18.3 Å². The van der Waals surface area contributed by atoms with Crippen molar-refractivity contribution in [2.24, 2.45) is 11.7 Å². The van der Waals surface area contributed by atoms with Crippen LogP contribution in [0.15, 0.2) is 12.1 Å². The monoisotopic (exact) mass is 372 g/mol. The number of amides is 1. The molecule has 0 bridgehead atoms. The van der Waals surface area contributed by atoms with E-state index in [-0.39, 0.29) is 23.9 Å².